The van der Waals surface area contributed by atoms with Gasteiger partial charge in [0, 0.05) is 5.56 Å². The molecule has 4 heterocycles. The van der Waals surface area contributed by atoms with Crippen LogP contribution in [0.1, 0.15) is 17.4 Å². The van der Waals surface area contributed by atoms with Gasteiger partial charge in [0.05, 0.1) is 26.0 Å². The van der Waals surface area contributed by atoms with Crippen LogP contribution in [0.2, 0.25) is 0 Å². The van der Waals surface area contributed by atoms with Gasteiger partial charge >= 0.3 is 0 Å². The molecule has 0 saturated heterocycles. The minimum atomic E-state index is -0.0852. The van der Waals surface area contributed by atoms with Crippen molar-refractivity contribution < 1.29 is 23.5 Å². The lowest BCUT2D eigenvalue weighted by molar-refractivity contribution is -0.00115. The Morgan fingerprint density at radius 1 is 1.03 bits per heavy atom. The maximum absolute atomic E-state index is 6.04. The predicted octanol–water partition coefficient (Wildman–Crippen LogP) is 3.61. The summed E-state index contributed by atoms with van der Waals surface area (Å²) in [7, 11) is 1.65. The Morgan fingerprint density at radius 3 is 2.77 bits per heavy atom. The molecule has 2 aliphatic heterocycles. The molecule has 0 N–H and O–H groups in total. The third kappa shape index (κ3) is 3.19. The van der Waals surface area contributed by atoms with Crippen molar-refractivity contribution in [2.45, 2.75) is 19.3 Å². The average molecular weight is 418 g/mol. The molecule has 0 amide bonds. The molecular formula is C22H18N4O5. The second-order valence-electron chi connectivity index (χ2n) is 7.27. The summed E-state index contributed by atoms with van der Waals surface area (Å²) < 4.78 is 29.4. The van der Waals surface area contributed by atoms with E-state index in [1.807, 2.05) is 53.2 Å². The van der Waals surface area contributed by atoms with E-state index in [2.05, 4.69) is 15.2 Å². The van der Waals surface area contributed by atoms with Crippen LogP contribution in [0.3, 0.4) is 0 Å². The number of nitrogens with zero attached hydrogens (tertiary/aromatic N) is 4. The molecule has 156 valence electrons. The van der Waals surface area contributed by atoms with Crippen LogP contribution in [-0.2, 0) is 17.9 Å². The van der Waals surface area contributed by atoms with Crippen LogP contribution in [0.25, 0.3) is 23.0 Å². The molecule has 0 saturated carbocycles. The number of rotatable bonds is 4. The SMILES string of the molecule is COc1ccc(C2Cn3nc(-c4nc(-c5ccc6c(c5)OCO6)no4)cc3CO2)cc1. The molecule has 1 atom stereocenters. The Hall–Kier alpha value is -3.85. The first-order valence-corrected chi connectivity index (χ1v) is 9.83. The van der Waals surface area contributed by atoms with E-state index in [-0.39, 0.29) is 12.9 Å². The first-order chi connectivity index (χ1) is 15.3. The number of aromatic nitrogens is 4. The maximum atomic E-state index is 6.04. The highest BCUT2D eigenvalue weighted by atomic mass is 16.7. The summed E-state index contributed by atoms with van der Waals surface area (Å²) in [5.41, 5.74) is 3.44. The zero-order chi connectivity index (χ0) is 20.8. The second kappa shape index (κ2) is 7.13. The Kier molecular flexibility index (Phi) is 4.13. The molecule has 31 heavy (non-hydrogen) atoms. The van der Waals surface area contributed by atoms with E-state index in [1.54, 1.807) is 7.11 Å². The summed E-state index contributed by atoms with van der Waals surface area (Å²) in [6.45, 7) is 1.27. The van der Waals surface area contributed by atoms with Gasteiger partial charge in [-0.3, -0.25) is 4.68 Å². The van der Waals surface area contributed by atoms with E-state index in [0.717, 1.165) is 22.6 Å². The van der Waals surface area contributed by atoms with E-state index in [1.165, 1.54) is 0 Å². The van der Waals surface area contributed by atoms with Gasteiger partial charge in [-0.1, -0.05) is 17.3 Å². The van der Waals surface area contributed by atoms with Crippen molar-refractivity contribution in [3.63, 3.8) is 0 Å². The van der Waals surface area contributed by atoms with Gasteiger partial charge < -0.3 is 23.5 Å². The lowest BCUT2D eigenvalue weighted by Gasteiger charge is -2.24. The van der Waals surface area contributed by atoms with Gasteiger partial charge in [0.1, 0.15) is 11.9 Å². The monoisotopic (exact) mass is 418 g/mol. The fourth-order valence-corrected chi connectivity index (χ4v) is 3.73. The van der Waals surface area contributed by atoms with Gasteiger partial charge in [-0.2, -0.15) is 10.1 Å². The largest absolute Gasteiger partial charge is 0.497 e. The van der Waals surface area contributed by atoms with Crippen molar-refractivity contribution >= 4 is 0 Å². The zero-order valence-electron chi connectivity index (χ0n) is 16.6. The highest BCUT2D eigenvalue weighted by Gasteiger charge is 2.25. The molecule has 0 fully saturated rings. The van der Waals surface area contributed by atoms with Crippen molar-refractivity contribution in [1.29, 1.82) is 0 Å². The van der Waals surface area contributed by atoms with Crippen LogP contribution in [0.5, 0.6) is 17.2 Å². The highest BCUT2D eigenvalue weighted by molar-refractivity contribution is 5.63. The van der Waals surface area contributed by atoms with E-state index in [0.29, 0.717) is 42.1 Å². The first kappa shape index (κ1) is 18.0. The number of fused-ring (bicyclic) bond motifs is 2. The van der Waals surface area contributed by atoms with Crippen LogP contribution < -0.4 is 14.2 Å². The lowest BCUT2D eigenvalue weighted by Crippen LogP contribution is -2.21. The number of ether oxygens (including phenoxy) is 4. The van der Waals surface area contributed by atoms with Crippen LogP contribution in [0.15, 0.2) is 53.1 Å². The van der Waals surface area contributed by atoms with E-state index < -0.39 is 0 Å². The van der Waals surface area contributed by atoms with E-state index in [9.17, 15) is 0 Å². The molecule has 9 nitrogen and oxygen atoms in total. The topological polar surface area (TPSA) is 93.7 Å². The van der Waals surface area contributed by atoms with Crippen molar-refractivity contribution in [1.82, 2.24) is 19.9 Å². The Morgan fingerprint density at radius 2 is 1.90 bits per heavy atom. The van der Waals surface area contributed by atoms with E-state index >= 15 is 0 Å². The number of hydrogen-bond acceptors (Lipinski definition) is 8. The van der Waals surface area contributed by atoms with Crippen molar-refractivity contribution in [3.05, 3.63) is 59.8 Å². The molecule has 4 aromatic rings. The minimum absolute atomic E-state index is 0.0852. The van der Waals surface area contributed by atoms with Gasteiger partial charge in [0.25, 0.3) is 5.89 Å². The van der Waals surface area contributed by atoms with Gasteiger partial charge in [-0.25, -0.2) is 0 Å². The molecule has 1 unspecified atom stereocenters. The van der Waals surface area contributed by atoms with Gasteiger partial charge in [-0.05, 0) is 42.0 Å². The molecule has 2 aromatic carbocycles. The number of hydrogen-bond donors (Lipinski definition) is 0. The Bertz CT molecular complexity index is 1250. The average Bonchev–Trinajstić information content (AvgIpc) is 3.57. The van der Waals surface area contributed by atoms with Crippen LogP contribution >= 0.6 is 0 Å². The summed E-state index contributed by atoms with van der Waals surface area (Å²) in [4.78, 5) is 4.51. The molecule has 2 aromatic heterocycles. The van der Waals surface area contributed by atoms with Gasteiger partial charge in [-0.15, -0.1) is 0 Å². The molecule has 6 rings (SSSR count). The predicted molar refractivity (Wildman–Crippen MR) is 108 cm³/mol. The smallest absolute Gasteiger partial charge is 0.278 e. The highest BCUT2D eigenvalue weighted by Crippen LogP contribution is 2.36. The maximum Gasteiger partial charge on any atom is 0.278 e. The van der Waals surface area contributed by atoms with Gasteiger partial charge in [0.2, 0.25) is 12.6 Å². The van der Waals surface area contributed by atoms with Crippen LogP contribution in [0.4, 0.5) is 0 Å². The number of benzene rings is 2. The van der Waals surface area contributed by atoms with Crippen LogP contribution in [0, 0.1) is 0 Å². The fourth-order valence-electron chi connectivity index (χ4n) is 3.73. The summed E-state index contributed by atoms with van der Waals surface area (Å²) in [5.74, 6) is 3.02. The Balaban J connectivity index is 1.24. The normalized spacial score (nSPS) is 16.9. The van der Waals surface area contributed by atoms with Gasteiger partial charge in [0.15, 0.2) is 17.2 Å². The standard InChI is InChI=1S/C22H18N4O5/c1-27-16-5-2-13(3-6-16)20-10-26-15(11-28-20)9-17(24-26)22-23-21(25-31-22)14-4-7-18-19(8-14)30-12-29-18/h2-9,20H,10-12H2,1H3. The van der Waals surface area contributed by atoms with E-state index in [4.69, 9.17) is 23.5 Å². The lowest BCUT2D eigenvalue weighted by atomic mass is 10.1. The third-order valence-corrected chi connectivity index (χ3v) is 5.40. The van der Waals surface area contributed by atoms with Crippen molar-refractivity contribution in [3.8, 4) is 40.2 Å². The van der Waals surface area contributed by atoms with Crippen molar-refractivity contribution in [2.24, 2.45) is 0 Å². The third-order valence-electron chi connectivity index (χ3n) is 5.40. The molecule has 0 aliphatic carbocycles. The summed E-state index contributed by atoms with van der Waals surface area (Å²) in [6.07, 6.45) is -0.0852. The fraction of sp³-hybridized carbons (Fsp3) is 0.227. The quantitative estimate of drug-likeness (QED) is 0.496. The summed E-state index contributed by atoms with van der Waals surface area (Å²) in [6, 6.07) is 15.3. The molecule has 2 aliphatic rings. The molecule has 9 heteroatoms. The summed E-state index contributed by atoms with van der Waals surface area (Å²) >= 11 is 0. The van der Waals surface area contributed by atoms with Crippen molar-refractivity contribution in [2.75, 3.05) is 13.9 Å². The molecule has 0 spiro atoms. The first-order valence-electron chi connectivity index (χ1n) is 9.83. The molecule has 0 bridgehead atoms. The minimum Gasteiger partial charge on any atom is -0.497 e. The zero-order valence-corrected chi connectivity index (χ0v) is 16.6. The molecular weight excluding hydrogens is 400 g/mol. The second-order valence-corrected chi connectivity index (χ2v) is 7.27. The summed E-state index contributed by atoms with van der Waals surface area (Å²) in [5, 5.41) is 8.76. The van der Waals surface area contributed by atoms with Crippen LogP contribution in [-0.4, -0.2) is 33.8 Å². The Labute approximate surface area is 177 Å². The molecule has 0 radical (unpaired) electrons. The number of methoxy groups -OCH3 is 1.